The Balaban J connectivity index is 1.35. The van der Waals surface area contributed by atoms with Gasteiger partial charge in [-0.15, -0.1) is 0 Å². The second-order valence-corrected chi connectivity index (χ2v) is 18.2. The highest BCUT2D eigenvalue weighted by molar-refractivity contribution is 6.74. The number of piperidine rings is 2. The highest BCUT2D eigenvalue weighted by Crippen LogP contribution is 2.53. The van der Waals surface area contributed by atoms with Crippen molar-refractivity contribution in [2.75, 3.05) is 26.2 Å². The van der Waals surface area contributed by atoms with Crippen LogP contribution in [-0.4, -0.2) is 56.9 Å². The van der Waals surface area contributed by atoms with Crippen LogP contribution in [0.4, 0.5) is 0 Å². The van der Waals surface area contributed by atoms with E-state index in [9.17, 15) is 4.79 Å². The second-order valence-electron chi connectivity index (χ2n) is 13.4. The zero-order valence-corrected chi connectivity index (χ0v) is 25.0. The normalized spacial score (nSPS) is 29.0. The first-order valence-corrected chi connectivity index (χ1v) is 17.5. The monoisotopic (exact) mass is 533 g/mol. The molecule has 38 heavy (non-hydrogen) atoms. The van der Waals surface area contributed by atoms with E-state index in [-0.39, 0.29) is 16.9 Å². The van der Waals surface area contributed by atoms with Crippen molar-refractivity contribution in [3.8, 4) is 0 Å². The number of fused-ring (bicyclic) bond motifs is 1. The van der Waals surface area contributed by atoms with E-state index in [4.69, 9.17) is 4.43 Å². The molecule has 0 aromatic heterocycles. The number of hydrogen-bond acceptors (Lipinski definition) is 4. The Bertz CT molecular complexity index is 1090. The molecule has 5 nitrogen and oxygen atoms in total. The quantitative estimate of drug-likeness (QED) is 0.411. The number of nitrogens with one attached hydrogen (secondary N) is 2. The maximum absolute atomic E-state index is 14.1. The molecule has 4 aliphatic rings. The van der Waals surface area contributed by atoms with Crippen LogP contribution in [0.25, 0.3) is 0 Å². The molecule has 3 aliphatic heterocycles. The first-order chi connectivity index (χ1) is 18.1. The number of hydrogen-bond donors (Lipinski definition) is 2. The van der Waals surface area contributed by atoms with Crippen LogP contribution in [0.5, 0.6) is 0 Å². The smallest absolute Gasteiger partial charge is 0.240 e. The summed E-state index contributed by atoms with van der Waals surface area (Å²) in [6, 6.07) is 21.5. The molecule has 2 N–H and O–H groups in total. The lowest BCUT2D eigenvalue weighted by Crippen LogP contribution is -2.74. The van der Waals surface area contributed by atoms with E-state index in [0.29, 0.717) is 24.4 Å². The predicted octanol–water partition coefficient (Wildman–Crippen LogP) is 5.24. The summed E-state index contributed by atoms with van der Waals surface area (Å²) in [5, 5.41) is 7.33. The number of nitrogens with zero attached hydrogens (tertiary/aromatic N) is 1. The molecule has 1 amide bonds. The molecule has 2 aromatic carbocycles. The van der Waals surface area contributed by atoms with Crippen molar-refractivity contribution in [3.05, 3.63) is 71.8 Å². The topological polar surface area (TPSA) is 53.6 Å². The van der Waals surface area contributed by atoms with Crippen molar-refractivity contribution in [2.24, 2.45) is 17.8 Å². The molecule has 0 spiro atoms. The van der Waals surface area contributed by atoms with Gasteiger partial charge in [0.25, 0.3) is 0 Å². The maximum Gasteiger partial charge on any atom is 0.240 e. The van der Waals surface area contributed by atoms with Crippen LogP contribution in [0.3, 0.4) is 0 Å². The van der Waals surface area contributed by atoms with Gasteiger partial charge in [0.05, 0.1) is 0 Å². The first-order valence-electron chi connectivity index (χ1n) is 14.6. The van der Waals surface area contributed by atoms with E-state index in [2.05, 4.69) is 91.9 Å². The molecule has 4 fully saturated rings. The first kappa shape index (κ1) is 27.6. The van der Waals surface area contributed by atoms with Gasteiger partial charge in [0, 0.05) is 44.7 Å². The van der Waals surface area contributed by atoms with Crippen LogP contribution in [0.1, 0.15) is 44.7 Å². The molecule has 0 unspecified atom stereocenters. The molecule has 0 radical (unpaired) electrons. The summed E-state index contributed by atoms with van der Waals surface area (Å²) in [5.41, 5.74) is 2.02. The van der Waals surface area contributed by atoms with Crippen molar-refractivity contribution >= 4 is 14.2 Å². The van der Waals surface area contributed by atoms with Gasteiger partial charge in [-0.2, -0.15) is 0 Å². The fourth-order valence-electron chi connectivity index (χ4n) is 7.03. The number of carbonyl (C=O) groups excluding carboxylic acids is 1. The summed E-state index contributed by atoms with van der Waals surface area (Å²) >= 11 is 0. The number of carbonyl (C=O) groups is 1. The minimum atomic E-state index is -1.85. The zero-order valence-electron chi connectivity index (χ0n) is 24.0. The van der Waals surface area contributed by atoms with Crippen LogP contribution in [0.2, 0.25) is 18.1 Å². The minimum Gasteiger partial charge on any atom is -0.417 e. The largest absolute Gasteiger partial charge is 0.417 e. The Morgan fingerprint density at radius 2 is 1.74 bits per heavy atom. The molecule has 1 aliphatic carbocycles. The van der Waals surface area contributed by atoms with Crippen LogP contribution >= 0.6 is 0 Å². The summed E-state index contributed by atoms with van der Waals surface area (Å²) in [4.78, 5) is 16.8. The molecule has 206 valence electrons. The molecule has 3 heterocycles. The molecule has 6 rings (SSSR count). The summed E-state index contributed by atoms with van der Waals surface area (Å²) in [6.07, 6.45) is 2.92. The van der Waals surface area contributed by atoms with Gasteiger partial charge in [-0.1, -0.05) is 81.4 Å². The molecule has 2 aromatic rings. The van der Waals surface area contributed by atoms with E-state index in [1.54, 1.807) is 0 Å². The highest BCUT2D eigenvalue weighted by atomic mass is 28.4. The van der Waals surface area contributed by atoms with Crippen LogP contribution < -0.4 is 10.6 Å². The van der Waals surface area contributed by atoms with Gasteiger partial charge < -0.3 is 15.1 Å². The van der Waals surface area contributed by atoms with Gasteiger partial charge in [-0.3, -0.25) is 9.69 Å². The van der Waals surface area contributed by atoms with Crippen molar-refractivity contribution < 1.29 is 9.22 Å². The number of likely N-dealkylation sites (tertiary alicyclic amines) is 1. The maximum atomic E-state index is 14.1. The Labute approximate surface area is 230 Å². The van der Waals surface area contributed by atoms with Crippen LogP contribution in [-0.2, 0) is 22.2 Å². The molecular weight excluding hydrogens is 486 g/mol. The van der Waals surface area contributed by atoms with Crippen molar-refractivity contribution in [1.82, 2.24) is 15.5 Å². The highest BCUT2D eigenvalue weighted by Gasteiger charge is 2.64. The molecule has 3 saturated heterocycles. The Kier molecular flexibility index (Phi) is 7.89. The fourth-order valence-corrected chi connectivity index (χ4v) is 8.09. The van der Waals surface area contributed by atoms with Crippen molar-refractivity contribution in [1.29, 1.82) is 0 Å². The third kappa shape index (κ3) is 5.38. The lowest BCUT2D eigenvalue weighted by atomic mass is 9.58. The SMILES string of the molecule is CC(C)(C)[Si](C)(C)OCC[C@H]1[C@@H]2[C@@H]3CN[C@@]1(C(=O)NCc1ccccc1)C[C@@H]3CN2CCc1ccccc1. The second kappa shape index (κ2) is 10.9. The van der Waals surface area contributed by atoms with E-state index in [1.165, 1.54) is 5.56 Å². The van der Waals surface area contributed by atoms with Gasteiger partial charge in [-0.25, -0.2) is 0 Å². The molecule has 1 saturated carbocycles. The summed E-state index contributed by atoms with van der Waals surface area (Å²) in [6.45, 7) is 16.0. The number of amides is 1. The minimum absolute atomic E-state index is 0.178. The Morgan fingerprint density at radius 3 is 2.39 bits per heavy atom. The van der Waals surface area contributed by atoms with Crippen molar-refractivity contribution in [3.63, 3.8) is 0 Å². The van der Waals surface area contributed by atoms with Gasteiger partial charge in [0.2, 0.25) is 5.91 Å². The van der Waals surface area contributed by atoms with Crippen molar-refractivity contribution in [2.45, 2.75) is 76.3 Å². The summed E-state index contributed by atoms with van der Waals surface area (Å²) < 4.78 is 6.69. The third-order valence-electron chi connectivity index (χ3n) is 10.1. The van der Waals surface area contributed by atoms with E-state index >= 15 is 0 Å². The van der Waals surface area contributed by atoms with E-state index in [1.807, 2.05) is 18.2 Å². The fraction of sp³-hybridized carbons (Fsp3) is 0.594. The van der Waals surface area contributed by atoms with Gasteiger partial charge in [-0.05, 0) is 60.4 Å². The average Bonchev–Trinajstić information content (AvgIpc) is 3.20. The number of benzene rings is 2. The van der Waals surface area contributed by atoms with Gasteiger partial charge in [0.1, 0.15) is 5.54 Å². The summed E-state index contributed by atoms with van der Waals surface area (Å²) in [5.74, 6) is 1.62. The Morgan fingerprint density at radius 1 is 1.08 bits per heavy atom. The lowest BCUT2D eigenvalue weighted by Gasteiger charge is -2.56. The van der Waals surface area contributed by atoms with E-state index < -0.39 is 13.9 Å². The predicted molar refractivity (Wildman–Crippen MR) is 157 cm³/mol. The van der Waals surface area contributed by atoms with Gasteiger partial charge in [0.15, 0.2) is 8.32 Å². The third-order valence-corrected chi connectivity index (χ3v) is 14.7. The standard InChI is InChI=1S/C32H47N3O2Si/c1-31(2,3)38(4,5)37-19-17-28-29-27-22-34-32(28,30(36)33-21-25-14-10-7-11-15-25)20-26(27)23-35(29)18-16-24-12-8-6-9-13-24/h6-15,26-29,34H,16-23H2,1-5H3,(H,33,36)/t26-,27-,28+,29+,32+/m1/s1. The summed E-state index contributed by atoms with van der Waals surface area (Å²) in [7, 11) is -1.85. The lowest BCUT2D eigenvalue weighted by molar-refractivity contribution is -0.139. The van der Waals surface area contributed by atoms with E-state index in [0.717, 1.165) is 51.1 Å². The van der Waals surface area contributed by atoms with Crippen LogP contribution in [0.15, 0.2) is 60.7 Å². The average molecular weight is 534 g/mol. The Hall–Kier alpha value is -1.99. The molecular formula is C32H47N3O2Si. The number of rotatable bonds is 10. The molecule has 4 bridgehead atoms. The van der Waals surface area contributed by atoms with Gasteiger partial charge >= 0.3 is 0 Å². The molecule has 5 atom stereocenters. The van der Waals surface area contributed by atoms with Crippen LogP contribution in [0, 0.1) is 17.8 Å². The molecule has 6 heteroatoms. The zero-order chi connectivity index (χ0) is 27.0.